The Bertz CT molecular complexity index is 599. The van der Waals surface area contributed by atoms with Crippen LogP contribution in [0.5, 0.6) is 5.75 Å². The van der Waals surface area contributed by atoms with Crippen molar-refractivity contribution in [2.75, 3.05) is 13.2 Å². The van der Waals surface area contributed by atoms with Crippen LogP contribution in [0.15, 0.2) is 48.5 Å². The van der Waals surface area contributed by atoms with Crippen LogP contribution in [-0.2, 0) is 0 Å². The van der Waals surface area contributed by atoms with Gasteiger partial charge in [0.1, 0.15) is 11.6 Å². The van der Waals surface area contributed by atoms with Crippen LogP contribution in [0, 0.1) is 5.82 Å². The summed E-state index contributed by atoms with van der Waals surface area (Å²) in [6.07, 6.45) is 0.814. The topological polar surface area (TPSA) is 35.2 Å². The lowest BCUT2D eigenvalue weighted by atomic mass is 9.86. The zero-order valence-electron chi connectivity index (χ0n) is 11.3. The Hall–Kier alpha value is -1.87. The molecule has 0 amide bonds. The minimum Gasteiger partial charge on any atom is -0.493 e. The molecule has 3 heteroatoms. The molecule has 0 bridgehead atoms. The SMILES string of the molecule is NCC(CC1COc2ccccc21)c1ccccc1F. The van der Waals surface area contributed by atoms with Gasteiger partial charge in [-0.25, -0.2) is 4.39 Å². The quantitative estimate of drug-likeness (QED) is 0.924. The van der Waals surface area contributed by atoms with E-state index in [1.807, 2.05) is 30.3 Å². The fraction of sp³-hybridized carbons (Fsp3) is 0.294. The lowest BCUT2D eigenvalue weighted by Gasteiger charge is -2.19. The molecule has 0 saturated heterocycles. The van der Waals surface area contributed by atoms with E-state index in [0.29, 0.717) is 24.6 Å². The van der Waals surface area contributed by atoms with Crippen molar-refractivity contribution in [3.63, 3.8) is 0 Å². The first-order chi connectivity index (χ1) is 9.79. The van der Waals surface area contributed by atoms with Crippen LogP contribution in [0.2, 0.25) is 0 Å². The number of fused-ring (bicyclic) bond motifs is 1. The van der Waals surface area contributed by atoms with E-state index in [4.69, 9.17) is 10.5 Å². The minimum atomic E-state index is -0.171. The number of ether oxygens (including phenoxy) is 1. The number of nitrogens with two attached hydrogens (primary N) is 1. The van der Waals surface area contributed by atoms with Crippen molar-refractivity contribution in [1.29, 1.82) is 0 Å². The third-order valence-corrected chi connectivity index (χ3v) is 4.00. The molecule has 20 heavy (non-hydrogen) atoms. The van der Waals surface area contributed by atoms with Crippen molar-refractivity contribution >= 4 is 0 Å². The molecular weight excluding hydrogens is 253 g/mol. The number of hydrogen-bond acceptors (Lipinski definition) is 2. The molecule has 0 spiro atoms. The summed E-state index contributed by atoms with van der Waals surface area (Å²) < 4.78 is 19.6. The summed E-state index contributed by atoms with van der Waals surface area (Å²) in [5.74, 6) is 1.09. The molecule has 0 radical (unpaired) electrons. The van der Waals surface area contributed by atoms with Crippen molar-refractivity contribution < 1.29 is 9.13 Å². The van der Waals surface area contributed by atoms with Gasteiger partial charge in [-0.15, -0.1) is 0 Å². The largest absolute Gasteiger partial charge is 0.493 e. The second-order valence-electron chi connectivity index (χ2n) is 5.24. The third-order valence-electron chi connectivity index (χ3n) is 4.00. The molecule has 104 valence electrons. The van der Waals surface area contributed by atoms with Gasteiger partial charge in [0, 0.05) is 11.5 Å². The fourth-order valence-corrected chi connectivity index (χ4v) is 2.92. The number of para-hydroxylation sites is 1. The molecule has 2 atom stereocenters. The van der Waals surface area contributed by atoms with E-state index < -0.39 is 0 Å². The molecule has 0 aromatic heterocycles. The molecule has 2 aromatic carbocycles. The van der Waals surface area contributed by atoms with E-state index in [-0.39, 0.29) is 11.7 Å². The van der Waals surface area contributed by atoms with Crippen molar-refractivity contribution in [3.8, 4) is 5.75 Å². The summed E-state index contributed by atoms with van der Waals surface area (Å²) in [6.45, 7) is 1.10. The van der Waals surface area contributed by atoms with Crippen LogP contribution in [0.4, 0.5) is 4.39 Å². The summed E-state index contributed by atoms with van der Waals surface area (Å²) in [5.41, 5.74) is 7.78. The fourth-order valence-electron chi connectivity index (χ4n) is 2.92. The first kappa shape index (κ1) is 13.1. The van der Waals surface area contributed by atoms with Gasteiger partial charge in [-0.2, -0.15) is 0 Å². The smallest absolute Gasteiger partial charge is 0.126 e. The summed E-state index contributed by atoms with van der Waals surface area (Å²) in [6, 6.07) is 14.9. The standard InChI is InChI=1S/C17H18FNO/c18-16-7-3-1-5-14(16)12(10-19)9-13-11-20-17-8-4-2-6-15(13)17/h1-8,12-13H,9-11,19H2. The van der Waals surface area contributed by atoms with Crippen molar-refractivity contribution in [2.45, 2.75) is 18.3 Å². The molecular formula is C17H18FNO. The molecule has 0 aliphatic carbocycles. The normalized spacial score (nSPS) is 18.4. The summed E-state index contributed by atoms with van der Waals surface area (Å²) >= 11 is 0. The Balaban J connectivity index is 1.82. The molecule has 1 aliphatic heterocycles. The van der Waals surface area contributed by atoms with Crippen molar-refractivity contribution in [2.24, 2.45) is 5.73 Å². The number of benzene rings is 2. The van der Waals surface area contributed by atoms with E-state index in [1.165, 1.54) is 11.6 Å². The van der Waals surface area contributed by atoms with Crippen molar-refractivity contribution in [3.05, 3.63) is 65.5 Å². The Morgan fingerprint density at radius 2 is 1.90 bits per heavy atom. The van der Waals surface area contributed by atoms with Gasteiger partial charge < -0.3 is 10.5 Å². The molecule has 1 aliphatic rings. The lowest BCUT2D eigenvalue weighted by molar-refractivity contribution is 0.318. The number of halogens is 1. The van der Waals surface area contributed by atoms with Crippen LogP contribution in [0.25, 0.3) is 0 Å². The first-order valence-corrected chi connectivity index (χ1v) is 6.96. The Morgan fingerprint density at radius 3 is 2.70 bits per heavy atom. The van der Waals surface area contributed by atoms with E-state index in [2.05, 4.69) is 6.07 Å². The molecule has 2 unspecified atom stereocenters. The molecule has 0 saturated carbocycles. The van der Waals surface area contributed by atoms with Gasteiger partial charge in [-0.1, -0.05) is 36.4 Å². The molecule has 0 fully saturated rings. The van der Waals surface area contributed by atoms with Gasteiger partial charge in [-0.05, 0) is 36.6 Å². The van der Waals surface area contributed by atoms with E-state index >= 15 is 0 Å². The van der Waals surface area contributed by atoms with Crippen LogP contribution >= 0.6 is 0 Å². The van der Waals surface area contributed by atoms with Gasteiger partial charge in [0.05, 0.1) is 6.61 Å². The average molecular weight is 271 g/mol. The number of rotatable bonds is 4. The molecule has 2 aromatic rings. The van der Waals surface area contributed by atoms with Gasteiger partial charge in [0.2, 0.25) is 0 Å². The first-order valence-electron chi connectivity index (χ1n) is 6.96. The Morgan fingerprint density at radius 1 is 1.15 bits per heavy atom. The highest BCUT2D eigenvalue weighted by atomic mass is 19.1. The summed E-state index contributed by atoms with van der Waals surface area (Å²) in [4.78, 5) is 0. The van der Waals surface area contributed by atoms with Crippen LogP contribution in [0.1, 0.15) is 29.4 Å². The number of hydrogen-bond donors (Lipinski definition) is 1. The Kier molecular flexibility index (Phi) is 3.70. The molecule has 3 rings (SSSR count). The highest BCUT2D eigenvalue weighted by Gasteiger charge is 2.27. The lowest BCUT2D eigenvalue weighted by Crippen LogP contribution is -2.17. The average Bonchev–Trinajstić information content (AvgIpc) is 2.89. The maximum Gasteiger partial charge on any atom is 0.126 e. The monoisotopic (exact) mass is 271 g/mol. The zero-order valence-corrected chi connectivity index (χ0v) is 11.3. The highest BCUT2D eigenvalue weighted by Crippen LogP contribution is 2.39. The third kappa shape index (κ3) is 2.41. The van der Waals surface area contributed by atoms with Gasteiger partial charge >= 0.3 is 0 Å². The summed E-state index contributed by atoms with van der Waals surface area (Å²) in [7, 11) is 0. The predicted octanol–water partition coefficient (Wildman–Crippen LogP) is 3.43. The van der Waals surface area contributed by atoms with Crippen LogP contribution < -0.4 is 10.5 Å². The van der Waals surface area contributed by atoms with Gasteiger partial charge in [-0.3, -0.25) is 0 Å². The highest BCUT2D eigenvalue weighted by molar-refractivity contribution is 5.40. The van der Waals surface area contributed by atoms with E-state index in [1.54, 1.807) is 6.07 Å². The van der Waals surface area contributed by atoms with Crippen molar-refractivity contribution in [1.82, 2.24) is 0 Å². The predicted molar refractivity (Wildman–Crippen MR) is 77.5 cm³/mol. The van der Waals surface area contributed by atoms with Gasteiger partial charge in [0.25, 0.3) is 0 Å². The zero-order chi connectivity index (χ0) is 13.9. The molecule has 1 heterocycles. The molecule has 2 nitrogen and oxygen atoms in total. The minimum absolute atomic E-state index is 0.0240. The van der Waals surface area contributed by atoms with Crippen LogP contribution in [0.3, 0.4) is 0 Å². The second kappa shape index (κ2) is 5.63. The Labute approximate surface area is 118 Å². The van der Waals surface area contributed by atoms with E-state index in [9.17, 15) is 4.39 Å². The second-order valence-corrected chi connectivity index (χ2v) is 5.24. The molecule has 2 N–H and O–H groups in total. The maximum absolute atomic E-state index is 13.9. The summed E-state index contributed by atoms with van der Waals surface area (Å²) in [5, 5.41) is 0. The maximum atomic E-state index is 13.9. The van der Waals surface area contributed by atoms with Crippen LogP contribution in [-0.4, -0.2) is 13.2 Å². The van der Waals surface area contributed by atoms with Gasteiger partial charge in [0.15, 0.2) is 0 Å². The van der Waals surface area contributed by atoms with E-state index in [0.717, 1.165) is 12.2 Å².